The van der Waals surface area contributed by atoms with Crippen LogP contribution in [0.1, 0.15) is 48.9 Å². The average molecular weight is 344 g/mol. The van der Waals surface area contributed by atoms with E-state index in [9.17, 15) is 4.79 Å². The van der Waals surface area contributed by atoms with Crippen LogP contribution < -0.4 is 5.32 Å². The van der Waals surface area contributed by atoms with E-state index in [4.69, 9.17) is 0 Å². The molecule has 0 fully saturated rings. The summed E-state index contributed by atoms with van der Waals surface area (Å²) in [7, 11) is 0. The van der Waals surface area contributed by atoms with E-state index in [-0.39, 0.29) is 11.9 Å². The van der Waals surface area contributed by atoms with Gasteiger partial charge >= 0.3 is 0 Å². The van der Waals surface area contributed by atoms with Gasteiger partial charge in [0.15, 0.2) is 0 Å². The van der Waals surface area contributed by atoms with Gasteiger partial charge in [0.2, 0.25) is 5.91 Å². The van der Waals surface area contributed by atoms with Gasteiger partial charge < -0.3 is 9.88 Å². The van der Waals surface area contributed by atoms with Gasteiger partial charge in [-0.15, -0.1) is 10.2 Å². The van der Waals surface area contributed by atoms with Crippen LogP contribution in [0.3, 0.4) is 0 Å². The Morgan fingerprint density at radius 3 is 2.76 bits per heavy atom. The Morgan fingerprint density at radius 2 is 2.04 bits per heavy atom. The molecule has 0 radical (unpaired) electrons. The molecule has 136 valence electrons. The van der Waals surface area contributed by atoms with Crippen molar-refractivity contribution in [2.75, 3.05) is 0 Å². The number of rotatable bonds is 5. The highest BCUT2D eigenvalue weighted by Gasteiger charge is 2.23. The normalized spacial score (nSPS) is 17.0. The van der Waals surface area contributed by atoms with Crippen LogP contribution in [0.2, 0.25) is 0 Å². The molecule has 3 rings (SSSR count). The zero-order valence-corrected chi connectivity index (χ0v) is 15.8. The summed E-state index contributed by atoms with van der Waals surface area (Å²) in [5.74, 6) is 2.53. The van der Waals surface area contributed by atoms with Crippen molar-refractivity contribution in [1.82, 2.24) is 29.9 Å². The Balaban J connectivity index is 1.64. The van der Waals surface area contributed by atoms with Crippen LogP contribution in [0.4, 0.5) is 0 Å². The molecular weight excluding hydrogens is 316 g/mol. The zero-order chi connectivity index (χ0) is 18.1. The molecule has 2 aromatic heterocycles. The van der Waals surface area contributed by atoms with Crippen LogP contribution in [-0.4, -0.2) is 36.5 Å². The van der Waals surface area contributed by atoms with Crippen molar-refractivity contribution in [3.05, 3.63) is 28.6 Å². The van der Waals surface area contributed by atoms with E-state index in [0.717, 1.165) is 54.5 Å². The molecule has 1 N–H and O–H groups in total. The van der Waals surface area contributed by atoms with Crippen molar-refractivity contribution < 1.29 is 4.79 Å². The number of aromatic nitrogens is 5. The molecule has 1 atom stereocenters. The first-order valence-electron chi connectivity index (χ1n) is 9.06. The molecule has 0 saturated heterocycles. The monoisotopic (exact) mass is 344 g/mol. The molecule has 1 amide bonds. The van der Waals surface area contributed by atoms with E-state index in [2.05, 4.69) is 46.0 Å². The molecule has 0 bridgehead atoms. The van der Waals surface area contributed by atoms with Crippen LogP contribution >= 0.6 is 0 Å². The quantitative estimate of drug-likeness (QED) is 0.896. The summed E-state index contributed by atoms with van der Waals surface area (Å²) in [6.07, 6.45) is 2.16. The Kier molecular flexibility index (Phi) is 4.92. The SMILES string of the molecule is Cc1nn(CC(C)C)c(C)c1CC(=O)NC1CCc2nnc(C)n2C1. The molecule has 25 heavy (non-hydrogen) atoms. The molecule has 0 aromatic carbocycles. The minimum Gasteiger partial charge on any atom is -0.351 e. The van der Waals surface area contributed by atoms with Gasteiger partial charge in [0.1, 0.15) is 11.6 Å². The fraction of sp³-hybridized carbons (Fsp3) is 0.667. The summed E-state index contributed by atoms with van der Waals surface area (Å²) in [5, 5.41) is 16.1. The number of aryl methyl sites for hydroxylation is 3. The van der Waals surface area contributed by atoms with Gasteiger partial charge in [-0.1, -0.05) is 13.8 Å². The minimum absolute atomic E-state index is 0.0643. The first-order valence-corrected chi connectivity index (χ1v) is 9.06. The number of carbonyl (C=O) groups is 1. The fourth-order valence-corrected chi connectivity index (χ4v) is 3.53. The Bertz CT molecular complexity index is 773. The van der Waals surface area contributed by atoms with E-state index in [1.807, 2.05) is 18.5 Å². The Morgan fingerprint density at radius 1 is 1.28 bits per heavy atom. The Labute approximate surface area is 148 Å². The lowest BCUT2D eigenvalue weighted by Crippen LogP contribution is -2.42. The molecular formula is C18H28N6O. The fourth-order valence-electron chi connectivity index (χ4n) is 3.53. The maximum absolute atomic E-state index is 12.6. The molecule has 0 saturated carbocycles. The third-order valence-electron chi connectivity index (χ3n) is 4.90. The van der Waals surface area contributed by atoms with Gasteiger partial charge in [-0.3, -0.25) is 9.48 Å². The van der Waals surface area contributed by atoms with Gasteiger partial charge in [-0.05, 0) is 33.1 Å². The van der Waals surface area contributed by atoms with Crippen molar-refractivity contribution in [2.45, 2.75) is 73.0 Å². The second-order valence-electron chi connectivity index (χ2n) is 7.48. The summed E-state index contributed by atoms with van der Waals surface area (Å²) in [6.45, 7) is 12.0. The van der Waals surface area contributed by atoms with E-state index < -0.39 is 0 Å². The van der Waals surface area contributed by atoms with Gasteiger partial charge in [-0.25, -0.2) is 0 Å². The first-order chi connectivity index (χ1) is 11.8. The van der Waals surface area contributed by atoms with E-state index in [0.29, 0.717) is 12.3 Å². The lowest BCUT2D eigenvalue weighted by Gasteiger charge is -2.25. The second-order valence-corrected chi connectivity index (χ2v) is 7.48. The highest BCUT2D eigenvalue weighted by Crippen LogP contribution is 2.17. The van der Waals surface area contributed by atoms with Crippen molar-refractivity contribution in [3.63, 3.8) is 0 Å². The summed E-state index contributed by atoms with van der Waals surface area (Å²) in [4.78, 5) is 12.6. The topological polar surface area (TPSA) is 77.6 Å². The molecule has 7 heteroatoms. The number of carbonyl (C=O) groups excluding carboxylic acids is 1. The number of fused-ring (bicyclic) bond motifs is 1. The van der Waals surface area contributed by atoms with Gasteiger partial charge in [-0.2, -0.15) is 5.10 Å². The van der Waals surface area contributed by atoms with Crippen LogP contribution in [-0.2, 0) is 30.7 Å². The standard InChI is InChI=1S/C18H28N6O/c1-11(2)9-24-13(4)16(12(3)22-24)8-18(25)19-15-6-7-17-21-20-14(5)23(17)10-15/h11,15H,6-10H2,1-5H3,(H,19,25). The molecule has 1 aliphatic heterocycles. The predicted molar refractivity (Wildman–Crippen MR) is 95.3 cm³/mol. The van der Waals surface area contributed by atoms with Crippen molar-refractivity contribution in [1.29, 1.82) is 0 Å². The number of hydrogen-bond acceptors (Lipinski definition) is 4. The van der Waals surface area contributed by atoms with E-state index in [1.54, 1.807) is 0 Å². The average Bonchev–Trinajstić information content (AvgIpc) is 3.02. The molecule has 3 heterocycles. The van der Waals surface area contributed by atoms with Crippen LogP contribution in [0, 0.1) is 26.7 Å². The highest BCUT2D eigenvalue weighted by molar-refractivity contribution is 5.79. The number of amides is 1. The van der Waals surface area contributed by atoms with Crippen LogP contribution in [0.15, 0.2) is 0 Å². The molecule has 0 aliphatic carbocycles. The summed E-state index contributed by atoms with van der Waals surface area (Å²) < 4.78 is 4.13. The number of hydrogen-bond donors (Lipinski definition) is 1. The molecule has 1 unspecified atom stereocenters. The van der Waals surface area contributed by atoms with Crippen molar-refractivity contribution >= 4 is 5.91 Å². The van der Waals surface area contributed by atoms with Gasteiger partial charge in [0.05, 0.1) is 12.1 Å². The maximum atomic E-state index is 12.6. The number of nitrogens with one attached hydrogen (secondary N) is 1. The smallest absolute Gasteiger partial charge is 0.224 e. The predicted octanol–water partition coefficient (Wildman–Crippen LogP) is 1.73. The third-order valence-corrected chi connectivity index (χ3v) is 4.90. The molecule has 0 spiro atoms. The second kappa shape index (κ2) is 6.98. The van der Waals surface area contributed by atoms with Crippen molar-refractivity contribution in [2.24, 2.45) is 5.92 Å². The lowest BCUT2D eigenvalue weighted by atomic mass is 10.1. The third kappa shape index (κ3) is 3.75. The molecule has 1 aliphatic rings. The maximum Gasteiger partial charge on any atom is 0.224 e. The van der Waals surface area contributed by atoms with Gasteiger partial charge in [0.25, 0.3) is 0 Å². The van der Waals surface area contributed by atoms with Crippen molar-refractivity contribution in [3.8, 4) is 0 Å². The summed E-state index contributed by atoms with van der Waals surface area (Å²) in [6, 6.07) is 0.140. The minimum atomic E-state index is 0.0643. The Hall–Kier alpha value is -2.18. The summed E-state index contributed by atoms with van der Waals surface area (Å²) >= 11 is 0. The van der Waals surface area contributed by atoms with Crippen LogP contribution in [0.5, 0.6) is 0 Å². The largest absolute Gasteiger partial charge is 0.351 e. The highest BCUT2D eigenvalue weighted by atomic mass is 16.1. The molecule has 2 aromatic rings. The molecule has 7 nitrogen and oxygen atoms in total. The van der Waals surface area contributed by atoms with E-state index >= 15 is 0 Å². The van der Waals surface area contributed by atoms with Gasteiger partial charge in [0, 0.05) is 36.8 Å². The van der Waals surface area contributed by atoms with E-state index in [1.165, 1.54) is 0 Å². The van der Waals surface area contributed by atoms with Crippen LogP contribution in [0.25, 0.3) is 0 Å². The zero-order valence-electron chi connectivity index (χ0n) is 15.8. The number of nitrogens with zero attached hydrogens (tertiary/aromatic N) is 5. The lowest BCUT2D eigenvalue weighted by molar-refractivity contribution is -0.121. The first kappa shape index (κ1) is 17.6. The summed E-state index contributed by atoms with van der Waals surface area (Å²) in [5.41, 5.74) is 3.10.